The summed E-state index contributed by atoms with van der Waals surface area (Å²) in [6.45, 7) is 6.86. The predicted molar refractivity (Wildman–Crippen MR) is 102 cm³/mol. The highest BCUT2D eigenvalue weighted by Crippen LogP contribution is 2.16. The van der Waals surface area contributed by atoms with Gasteiger partial charge in [-0.05, 0) is 42.2 Å². The molecule has 0 spiro atoms. The van der Waals surface area contributed by atoms with Gasteiger partial charge in [-0.3, -0.25) is 9.59 Å². The van der Waals surface area contributed by atoms with Gasteiger partial charge in [-0.2, -0.15) is 0 Å². The Hall–Kier alpha value is -2.56. The molecule has 0 atom stereocenters. The first-order valence-corrected chi connectivity index (χ1v) is 9.34. The van der Waals surface area contributed by atoms with E-state index in [1.165, 1.54) is 5.56 Å². The molecule has 1 N–H and O–H groups in total. The van der Waals surface area contributed by atoms with Crippen molar-refractivity contribution in [3.05, 3.63) is 59.4 Å². The molecule has 0 bridgehead atoms. The summed E-state index contributed by atoms with van der Waals surface area (Å²) in [5, 5.41) is 0. The minimum Gasteiger partial charge on any atom is -0.365 e. The second-order valence-corrected chi connectivity index (χ2v) is 7.18. The fraction of sp³-hybridized carbons (Fsp3) is 0.429. The molecular weight excluding hydrogens is 326 g/mol. The molecule has 5 heteroatoms. The summed E-state index contributed by atoms with van der Waals surface area (Å²) >= 11 is 0. The molecule has 1 aromatic carbocycles. The highest BCUT2D eigenvalue weighted by Gasteiger charge is 2.23. The summed E-state index contributed by atoms with van der Waals surface area (Å²) in [7, 11) is 0. The van der Waals surface area contributed by atoms with Gasteiger partial charge in [0.15, 0.2) is 0 Å². The average molecular weight is 353 g/mol. The summed E-state index contributed by atoms with van der Waals surface area (Å²) in [6, 6.07) is 11.7. The number of carbonyl (C=O) groups excluding carboxylic acids is 2. The average Bonchev–Trinajstić information content (AvgIpc) is 3.02. The zero-order valence-corrected chi connectivity index (χ0v) is 15.6. The van der Waals surface area contributed by atoms with Crippen molar-refractivity contribution in [2.45, 2.75) is 32.6 Å². The van der Waals surface area contributed by atoms with Gasteiger partial charge in [0.1, 0.15) is 0 Å². The molecule has 1 aromatic heterocycles. The molecule has 26 heavy (non-hydrogen) atoms. The van der Waals surface area contributed by atoms with Crippen LogP contribution in [0.5, 0.6) is 0 Å². The first-order valence-electron chi connectivity index (χ1n) is 9.34. The van der Waals surface area contributed by atoms with Gasteiger partial charge >= 0.3 is 0 Å². The van der Waals surface area contributed by atoms with Crippen molar-refractivity contribution < 1.29 is 9.59 Å². The SMILES string of the molecule is CC(C)c1ccc(C(=O)N2CCCN(C(=O)Cc3ccc[nH]3)CC2)cc1. The number of aromatic amines is 1. The van der Waals surface area contributed by atoms with Gasteiger partial charge in [-0.1, -0.05) is 26.0 Å². The molecule has 138 valence electrons. The van der Waals surface area contributed by atoms with Crippen LogP contribution in [0.15, 0.2) is 42.6 Å². The van der Waals surface area contributed by atoms with Crippen LogP contribution in [0.3, 0.4) is 0 Å². The summed E-state index contributed by atoms with van der Waals surface area (Å²) in [5.41, 5.74) is 2.89. The van der Waals surface area contributed by atoms with E-state index in [2.05, 4.69) is 18.8 Å². The van der Waals surface area contributed by atoms with Gasteiger partial charge < -0.3 is 14.8 Å². The van der Waals surface area contributed by atoms with Gasteiger partial charge in [-0.25, -0.2) is 0 Å². The highest BCUT2D eigenvalue weighted by atomic mass is 16.2. The number of H-pyrrole nitrogens is 1. The molecule has 1 aliphatic heterocycles. The Morgan fingerprint density at radius 1 is 1.00 bits per heavy atom. The van der Waals surface area contributed by atoms with E-state index in [-0.39, 0.29) is 11.8 Å². The Bertz CT molecular complexity index is 735. The molecule has 0 aliphatic carbocycles. The van der Waals surface area contributed by atoms with Crippen LogP contribution in [-0.2, 0) is 11.2 Å². The first-order chi connectivity index (χ1) is 12.5. The van der Waals surface area contributed by atoms with Crippen molar-refractivity contribution >= 4 is 11.8 Å². The molecule has 2 amide bonds. The lowest BCUT2D eigenvalue weighted by molar-refractivity contribution is -0.130. The largest absolute Gasteiger partial charge is 0.365 e. The minimum absolute atomic E-state index is 0.0546. The van der Waals surface area contributed by atoms with Crippen molar-refractivity contribution in [2.75, 3.05) is 26.2 Å². The normalized spacial score (nSPS) is 15.2. The van der Waals surface area contributed by atoms with Crippen LogP contribution in [0, 0.1) is 0 Å². The van der Waals surface area contributed by atoms with Crippen LogP contribution < -0.4 is 0 Å². The predicted octanol–water partition coefficient (Wildman–Crippen LogP) is 3.06. The van der Waals surface area contributed by atoms with Crippen LogP contribution in [0.25, 0.3) is 0 Å². The fourth-order valence-corrected chi connectivity index (χ4v) is 3.32. The molecule has 2 aromatic rings. The van der Waals surface area contributed by atoms with Crippen molar-refractivity contribution in [1.29, 1.82) is 0 Å². The van der Waals surface area contributed by atoms with Crippen molar-refractivity contribution in [3.8, 4) is 0 Å². The van der Waals surface area contributed by atoms with E-state index in [1.807, 2.05) is 52.4 Å². The van der Waals surface area contributed by atoms with Crippen molar-refractivity contribution in [2.24, 2.45) is 0 Å². The maximum Gasteiger partial charge on any atom is 0.253 e. The van der Waals surface area contributed by atoms with Crippen LogP contribution >= 0.6 is 0 Å². The molecule has 1 aliphatic rings. The fourth-order valence-electron chi connectivity index (χ4n) is 3.32. The molecule has 2 heterocycles. The van der Waals surface area contributed by atoms with E-state index in [1.54, 1.807) is 0 Å². The number of benzene rings is 1. The number of aromatic nitrogens is 1. The molecule has 0 saturated carbocycles. The van der Waals surface area contributed by atoms with E-state index in [4.69, 9.17) is 0 Å². The maximum atomic E-state index is 12.8. The molecule has 3 rings (SSSR count). The number of nitrogens with zero attached hydrogens (tertiary/aromatic N) is 2. The number of carbonyl (C=O) groups is 2. The van der Waals surface area contributed by atoms with E-state index in [9.17, 15) is 9.59 Å². The lowest BCUT2D eigenvalue weighted by Crippen LogP contribution is -2.38. The van der Waals surface area contributed by atoms with E-state index in [0.29, 0.717) is 38.5 Å². The highest BCUT2D eigenvalue weighted by molar-refractivity contribution is 5.94. The van der Waals surface area contributed by atoms with Gasteiger partial charge in [0.25, 0.3) is 5.91 Å². The van der Waals surface area contributed by atoms with Crippen LogP contribution in [0.4, 0.5) is 0 Å². The Morgan fingerprint density at radius 3 is 2.35 bits per heavy atom. The Labute approximate surface area is 155 Å². The number of rotatable bonds is 4. The third kappa shape index (κ3) is 4.34. The minimum atomic E-state index is 0.0546. The quantitative estimate of drug-likeness (QED) is 0.918. The Balaban J connectivity index is 1.59. The summed E-state index contributed by atoms with van der Waals surface area (Å²) in [5.74, 6) is 0.624. The number of hydrogen-bond acceptors (Lipinski definition) is 2. The zero-order chi connectivity index (χ0) is 18.5. The lowest BCUT2D eigenvalue weighted by atomic mass is 10.0. The first kappa shape index (κ1) is 18.2. The van der Waals surface area contributed by atoms with Crippen molar-refractivity contribution in [1.82, 2.24) is 14.8 Å². The molecular formula is C21H27N3O2. The van der Waals surface area contributed by atoms with Crippen LogP contribution in [0.2, 0.25) is 0 Å². The summed E-state index contributed by atoms with van der Waals surface area (Å²) in [6.07, 6.45) is 3.03. The summed E-state index contributed by atoms with van der Waals surface area (Å²) in [4.78, 5) is 32.1. The Kier molecular flexibility index (Phi) is 5.76. The third-order valence-corrected chi connectivity index (χ3v) is 4.96. The zero-order valence-electron chi connectivity index (χ0n) is 15.6. The monoisotopic (exact) mass is 353 g/mol. The second-order valence-electron chi connectivity index (χ2n) is 7.18. The van der Waals surface area contributed by atoms with E-state index >= 15 is 0 Å². The van der Waals surface area contributed by atoms with E-state index in [0.717, 1.165) is 17.7 Å². The van der Waals surface area contributed by atoms with Gasteiger partial charge in [-0.15, -0.1) is 0 Å². The van der Waals surface area contributed by atoms with Gasteiger partial charge in [0, 0.05) is 43.6 Å². The molecule has 5 nitrogen and oxygen atoms in total. The molecule has 0 unspecified atom stereocenters. The number of amides is 2. The number of hydrogen-bond donors (Lipinski definition) is 1. The smallest absolute Gasteiger partial charge is 0.253 e. The molecule has 1 saturated heterocycles. The Morgan fingerprint density at radius 2 is 1.69 bits per heavy atom. The third-order valence-electron chi connectivity index (χ3n) is 4.96. The van der Waals surface area contributed by atoms with Crippen molar-refractivity contribution in [3.63, 3.8) is 0 Å². The van der Waals surface area contributed by atoms with Crippen LogP contribution in [-0.4, -0.2) is 52.8 Å². The molecule has 1 fully saturated rings. The topological polar surface area (TPSA) is 56.4 Å². The number of nitrogens with one attached hydrogen (secondary N) is 1. The second kappa shape index (κ2) is 8.21. The molecule has 0 radical (unpaired) electrons. The maximum absolute atomic E-state index is 12.8. The standard InChI is InChI=1S/C21H27N3O2/c1-16(2)17-6-8-18(9-7-17)21(26)24-12-4-11-23(13-14-24)20(25)15-19-5-3-10-22-19/h3,5-10,16,22H,4,11-15H2,1-2H3. The summed E-state index contributed by atoms with van der Waals surface area (Å²) < 4.78 is 0. The van der Waals surface area contributed by atoms with E-state index < -0.39 is 0 Å². The lowest BCUT2D eigenvalue weighted by Gasteiger charge is -2.22. The van der Waals surface area contributed by atoms with Gasteiger partial charge in [0.2, 0.25) is 5.91 Å². The van der Waals surface area contributed by atoms with Crippen LogP contribution in [0.1, 0.15) is 47.8 Å². The van der Waals surface area contributed by atoms with Gasteiger partial charge in [0.05, 0.1) is 6.42 Å².